The van der Waals surface area contributed by atoms with Crippen LogP contribution in [0.1, 0.15) is 0 Å². The van der Waals surface area contributed by atoms with Crippen molar-refractivity contribution in [2.75, 3.05) is 33.7 Å². The molecular weight excluding hydrogens is 423 g/mol. The second-order valence-electron chi connectivity index (χ2n) is 6.98. The van der Waals surface area contributed by atoms with Crippen LogP contribution in [-0.2, 0) is 13.1 Å². The minimum atomic E-state index is -1.02. The lowest BCUT2D eigenvalue weighted by Gasteiger charge is -2.37. The molecule has 1 N–H and O–H groups in total. The SMILES string of the molecule is CN(C)CCn1c(=O)c(=O)n(CC2CN(C(=O)O)C2)c2cc(F)c(Br)cc21. The summed E-state index contributed by atoms with van der Waals surface area (Å²) in [6.45, 7) is 1.58. The Morgan fingerprint density at radius 1 is 1.22 bits per heavy atom. The van der Waals surface area contributed by atoms with E-state index in [4.69, 9.17) is 5.11 Å². The van der Waals surface area contributed by atoms with Crippen molar-refractivity contribution in [3.63, 3.8) is 0 Å². The van der Waals surface area contributed by atoms with E-state index in [0.29, 0.717) is 24.1 Å². The third-order valence-electron chi connectivity index (χ3n) is 4.71. The Morgan fingerprint density at radius 2 is 1.81 bits per heavy atom. The average Bonchev–Trinajstić information content (AvgIpc) is 2.54. The van der Waals surface area contributed by atoms with Crippen molar-refractivity contribution in [3.05, 3.63) is 43.1 Å². The summed E-state index contributed by atoms with van der Waals surface area (Å²) in [5, 5.41) is 8.94. The van der Waals surface area contributed by atoms with Crippen molar-refractivity contribution < 1.29 is 14.3 Å². The summed E-state index contributed by atoms with van der Waals surface area (Å²) in [6, 6.07) is 2.74. The third-order valence-corrected chi connectivity index (χ3v) is 5.32. The molecule has 3 rings (SSSR count). The number of hydrogen-bond acceptors (Lipinski definition) is 4. The van der Waals surface area contributed by atoms with Gasteiger partial charge >= 0.3 is 17.2 Å². The topological polar surface area (TPSA) is 87.8 Å². The molecule has 1 saturated heterocycles. The van der Waals surface area contributed by atoms with Crippen molar-refractivity contribution in [3.8, 4) is 0 Å². The lowest BCUT2D eigenvalue weighted by atomic mass is 10.0. The Labute approximate surface area is 162 Å². The van der Waals surface area contributed by atoms with Gasteiger partial charge in [-0.05, 0) is 36.1 Å². The molecule has 2 heterocycles. The van der Waals surface area contributed by atoms with Crippen LogP contribution in [0.15, 0.2) is 26.2 Å². The van der Waals surface area contributed by atoms with Gasteiger partial charge in [-0.1, -0.05) is 0 Å². The first kappa shape index (κ1) is 19.6. The predicted octanol–water partition coefficient (Wildman–Crippen LogP) is 1.24. The van der Waals surface area contributed by atoms with Crippen LogP contribution >= 0.6 is 15.9 Å². The number of halogens is 2. The number of rotatable bonds is 5. The molecule has 1 fully saturated rings. The number of amides is 1. The monoisotopic (exact) mass is 442 g/mol. The highest BCUT2D eigenvalue weighted by molar-refractivity contribution is 9.10. The normalized spacial score (nSPS) is 14.8. The van der Waals surface area contributed by atoms with E-state index >= 15 is 0 Å². The highest BCUT2D eigenvalue weighted by atomic mass is 79.9. The second-order valence-corrected chi connectivity index (χ2v) is 7.84. The number of likely N-dealkylation sites (N-methyl/N-ethyl adjacent to an activating group) is 1. The number of hydrogen-bond donors (Lipinski definition) is 1. The van der Waals surface area contributed by atoms with E-state index in [1.54, 1.807) is 0 Å². The molecule has 1 aromatic carbocycles. The molecule has 27 heavy (non-hydrogen) atoms. The first-order valence-corrected chi connectivity index (χ1v) is 9.23. The van der Waals surface area contributed by atoms with Gasteiger partial charge in [0.2, 0.25) is 0 Å². The Morgan fingerprint density at radius 3 is 2.41 bits per heavy atom. The van der Waals surface area contributed by atoms with Crippen molar-refractivity contribution >= 4 is 33.1 Å². The van der Waals surface area contributed by atoms with Gasteiger partial charge in [-0.3, -0.25) is 9.59 Å². The van der Waals surface area contributed by atoms with E-state index in [9.17, 15) is 18.8 Å². The fraction of sp³-hybridized carbons (Fsp3) is 0.471. The van der Waals surface area contributed by atoms with Crippen molar-refractivity contribution in [1.29, 1.82) is 0 Å². The Balaban J connectivity index is 2.08. The molecule has 0 unspecified atom stereocenters. The summed E-state index contributed by atoms with van der Waals surface area (Å²) in [5.41, 5.74) is -0.606. The average molecular weight is 443 g/mol. The highest BCUT2D eigenvalue weighted by Gasteiger charge is 2.31. The van der Waals surface area contributed by atoms with Gasteiger partial charge in [0.25, 0.3) is 0 Å². The van der Waals surface area contributed by atoms with Crippen LogP contribution in [0.4, 0.5) is 9.18 Å². The van der Waals surface area contributed by atoms with Gasteiger partial charge < -0.3 is 24.0 Å². The Kier molecular flexibility index (Phi) is 5.38. The summed E-state index contributed by atoms with van der Waals surface area (Å²) >= 11 is 3.14. The number of nitrogens with zero attached hydrogens (tertiary/aromatic N) is 4. The molecule has 0 bridgehead atoms. The van der Waals surface area contributed by atoms with E-state index in [1.807, 2.05) is 19.0 Å². The van der Waals surface area contributed by atoms with Gasteiger partial charge in [-0.15, -0.1) is 0 Å². The summed E-state index contributed by atoms with van der Waals surface area (Å²) in [7, 11) is 3.71. The van der Waals surface area contributed by atoms with Gasteiger partial charge in [0.15, 0.2) is 0 Å². The molecule has 0 atom stereocenters. The molecule has 8 nitrogen and oxygen atoms in total. The number of carbonyl (C=O) groups is 1. The first-order valence-electron chi connectivity index (χ1n) is 8.44. The zero-order chi connectivity index (χ0) is 19.9. The lowest BCUT2D eigenvalue weighted by molar-refractivity contribution is 0.0748. The molecule has 146 valence electrons. The van der Waals surface area contributed by atoms with E-state index in [-0.39, 0.29) is 30.0 Å². The van der Waals surface area contributed by atoms with E-state index in [2.05, 4.69) is 15.9 Å². The summed E-state index contributed by atoms with van der Waals surface area (Å²) in [6.07, 6.45) is -1.02. The molecule has 1 aromatic heterocycles. The first-order chi connectivity index (χ1) is 12.7. The van der Waals surface area contributed by atoms with Gasteiger partial charge in [0.1, 0.15) is 5.82 Å². The van der Waals surface area contributed by atoms with E-state index < -0.39 is 23.0 Å². The lowest BCUT2D eigenvalue weighted by Crippen LogP contribution is -2.52. The number of fused-ring (bicyclic) bond motifs is 1. The molecule has 0 aliphatic carbocycles. The van der Waals surface area contributed by atoms with Crippen LogP contribution in [0, 0.1) is 11.7 Å². The van der Waals surface area contributed by atoms with Crippen LogP contribution in [0.2, 0.25) is 0 Å². The molecule has 0 saturated carbocycles. The smallest absolute Gasteiger partial charge is 0.407 e. The van der Waals surface area contributed by atoms with Crippen molar-refractivity contribution in [2.45, 2.75) is 13.1 Å². The molecule has 1 amide bonds. The summed E-state index contributed by atoms with van der Waals surface area (Å²) in [4.78, 5) is 39.4. The van der Waals surface area contributed by atoms with Crippen LogP contribution in [0.5, 0.6) is 0 Å². The maximum atomic E-state index is 14.2. The molecule has 1 aliphatic rings. The summed E-state index contributed by atoms with van der Waals surface area (Å²) < 4.78 is 17.0. The largest absolute Gasteiger partial charge is 0.465 e. The number of benzene rings is 1. The number of likely N-dealkylation sites (tertiary alicyclic amines) is 1. The second kappa shape index (κ2) is 7.43. The zero-order valence-corrected chi connectivity index (χ0v) is 16.6. The quantitative estimate of drug-likeness (QED) is 0.703. The number of aromatic nitrogens is 2. The zero-order valence-electron chi connectivity index (χ0n) is 15.0. The molecule has 0 radical (unpaired) electrons. The highest BCUT2D eigenvalue weighted by Crippen LogP contribution is 2.24. The fourth-order valence-electron chi connectivity index (χ4n) is 3.21. The van der Waals surface area contributed by atoms with Gasteiger partial charge in [-0.25, -0.2) is 9.18 Å². The van der Waals surface area contributed by atoms with Crippen LogP contribution in [-0.4, -0.2) is 63.9 Å². The number of carboxylic acid groups (broad SMARTS) is 1. The van der Waals surface area contributed by atoms with Gasteiger partial charge in [0, 0.05) is 44.7 Å². The maximum absolute atomic E-state index is 14.2. The van der Waals surface area contributed by atoms with Crippen molar-refractivity contribution in [2.24, 2.45) is 5.92 Å². The molecule has 1 aliphatic heterocycles. The standard InChI is InChI=1S/C17H20BrFN4O4/c1-20(2)3-4-22-13-5-11(18)12(19)6-14(13)23(16(25)15(22)24)9-10-7-21(8-10)17(26)27/h5-6,10H,3-4,7-9H2,1-2H3,(H,26,27). The van der Waals surface area contributed by atoms with Crippen molar-refractivity contribution in [1.82, 2.24) is 18.9 Å². The molecule has 0 spiro atoms. The molecule has 2 aromatic rings. The molecule has 10 heteroatoms. The maximum Gasteiger partial charge on any atom is 0.407 e. The predicted molar refractivity (Wildman–Crippen MR) is 102 cm³/mol. The van der Waals surface area contributed by atoms with Crippen LogP contribution < -0.4 is 11.1 Å². The van der Waals surface area contributed by atoms with Crippen LogP contribution in [0.3, 0.4) is 0 Å². The summed E-state index contributed by atoms with van der Waals surface area (Å²) in [5.74, 6) is -0.625. The third kappa shape index (κ3) is 3.77. The van der Waals surface area contributed by atoms with E-state index in [1.165, 1.54) is 26.2 Å². The van der Waals surface area contributed by atoms with Crippen LogP contribution in [0.25, 0.3) is 11.0 Å². The van der Waals surface area contributed by atoms with Gasteiger partial charge in [0.05, 0.1) is 15.5 Å². The van der Waals surface area contributed by atoms with E-state index in [0.717, 1.165) is 0 Å². The Bertz CT molecular complexity index is 1010. The molecular formula is C17H20BrFN4O4. The minimum absolute atomic E-state index is 0.0919. The van der Waals surface area contributed by atoms with Gasteiger partial charge in [-0.2, -0.15) is 0 Å². The Hall–Kier alpha value is -2.20. The fourth-order valence-corrected chi connectivity index (χ4v) is 3.54. The minimum Gasteiger partial charge on any atom is -0.465 e.